The van der Waals surface area contributed by atoms with Gasteiger partial charge in [0.05, 0.1) is 0 Å². The Morgan fingerprint density at radius 3 is 2.45 bits per heavy atom. The van der Waals surface area contributed by atoms with Gasteiger partial charge in [-0.3, -0.25) is 9.59 Å². The molecule has 5 nitrogen and oxygen atoms in total. The molecule has 0 aliphatic heterocycles. The van der Waals surface area contributed by atoms with Crippen molar-refractivity contribution in [1.82, 2.24) is 5.32 Å². The Bertz CT molecular complexity index is 671. The number of benzene rings is 2. The minimum atomic E-state index is -0.815. The lowest BCUT2D eigenvalue weighted by molar-refractivity contribution is -0.136. The van der Waals surface area contributed by atoms with E-state index in [4.69, 9.17) is 0 Å². The summed E-state index contributed by atoms with van der Waals surface area (Å²) in [5.74, 6) is -1.91. The maximum absolute atomic E-state index is 12.7. The molecular weight excluding hydrogens is 287 g/mol. The zero-order valence-electron chi connectivity index (χ0n) is 11.7. The fourth-order valence-electron chi connectivity index (χ4n) is 1.82. The fourth-order valence-corrected chi connectivity index (χ4v) is 1.82. The van der Waals surface area contributed by atoms with E-state index in [0.29, 0.717) is 12.1 Å². The van der Waals surface area contributed by atoms with Gasteiger partial charge in [-0.15, -0.1) is 0 Å². The molecule has 0 saturated heterocycles. The lowest BCUT2D eigenvalue weighted by Crippen LogP contribution is -2.36. The molecule has 0 heterocycles. The summed E-state index contributed by atoms with van der Waals surface area (Å²) < 4.78 is 12.7. The van der Waals surface area contributed by atoms with Crippen molar-refractivity contribution in [2.24, 2.45) is 0 Å². The molecule has 22 heavy (non-hydrogen) atoms. The van der Waals surface area contributed by atoms with E-state index < -0.39 is 11.8 Å². The molecule has 0 aliphatic carbocycles. The fraction of sp³-hybridized carbons (Fsp3) is 0.125. The van der Waals surface area contributed by atoms with E-state index in [1.807, 2.05) is 0 Å². The Morgan fingerprint density at radius 2 is 1.77 bits per heavy atom. The molecule has 0 saturated carbocycles. The third kappa shape index (κ3) is 4.59. The van der Waals surface area contributed by atoms with Gasteiger partial charge < -0.3 is 15.7 Å². The maximum Gasteiger partial charge on any atom is 0.313 e. The van der Waals surface area contributed by atoms with Crippen molar-refractivity contribution in [3.8, 4) is 5.75 Å². The minimum Gasteiger partial charge on any atom is -0.508 e. The number of anilines is 1. The van der Waals surface area contributed by atoms with Crippen molar-refractivity contribution in [2.75, 3.05) is 11.9 Å². The van der Waals surface area contributed by atoms with Crippen molar-refractivity contribution in [2.45, 2.75) is 6.42 Å². The minimum absolute atomic E-state index is 0.00508. The smallest absolute Gasteiger partial charge is 0.313 e. The quantitative estimate of drug-likeness (QED) is 0.754. The molecule has 0 aliphatic rings. The molecule has 114 valence electrons. The molecule has 2 aromatic rings. The number of carbonyl (C=O) groups excluding carboxylic acids is 2. The summed E-state index contributed by atoms with van der Waals surface area (Å²) in [5, 5.41) is 14.1. The molecule has 0 spiro atoms. The van der Waals surface area contributed by atoms with Gasteiger partial charge in [0, 0.05) is 18.3 Å². The number of phenolic OH excluding ortho intramolecular Hbond substituents is 1. The summed E-state index contributed by atoms with van der Waals surface area (Å²) in [6, 6.07) is 11.8. The van der Waals surface area contributed by atoms with Crippen LogP contribution in [0, 0.1) is 5.82 Å². The van der Waals surface area contributed by atoms with Crippen molar-refractivity contribution in [3.05, 3.63) is 59.9 Å². The Balaban J connectivity index is 1.79. The van der Waals surface area contributed by atoms with E-state index in [-0.39, 0.29) is 18.1 Å². The lowest BCUT2D eigenvalue weighted by atomic mass is 10.1. The van der Waals surface area contributed by atoms with Gasteiger partial charge in [0.2, 0.25) is 0 Å². The molecule has 6 heteroatoms. The second-order valence-corrected chi connectivity index (χ2v) is 4.64. The van der Waals surface area contributed by atoms with Crippen LogP contribution in [0.3, 0.4) is 0 Å². The largest absolute Gasteiger partial charge is 0.508 e. The molecule has 0 bridgehead atoms. The zero-order chi connectivity index (χ0) is 15.9. The number of hydrogen-bond donors (Lipinski definition) is 3. The highest BCUT2D eigenvalue weighted by atomic mass is 19.1. The molecule has 0 fully saturated rings. The molecule has 2 amide bonds. The summed E-state index contributed by atoms with van der Waals surface area (Å²) >= 11 is 0. The molecule has 2 rings (SSSR count). The molecule has 0 radical (unpaired) electrons. The van der Waals surface area contributed by atoms with Crippen molar-refractivity contribution >= 4 is 17.5 Å². The monoisotopic (exact) mass is 302 g/mol. The topological polar surface area (TPSA) is 78.4 Å². The average Bonchev–Trinajstić information content (AvgIpc) is 2.49. The van der Waals surface area contributed by atoms with Crippen LogP contribution in [0.5, 0.6) is 5.75 Å². The van der Waals surface area contributed by atoms with Gasteiger partial charge in [0.15, 0.2) is 0 Å². The van der Waals surface area contributed by atoms with Crippen LogP contribution in [0.2, 0.25) is 0 Å². The first-order valence-corrected chi connectivity index (χ1v) is 6.67. The Labute approximate surface area is 126 Å². The van der Waals surface area contributed by atoms with Crippen LogP contribution in [-0.4, -0.2) is 23.5 Å². The molecule has 0 unspecified atom stereocenters. The predicted molar refractivity (Wildman–Crippen MR) is 79.9 cm³/mol. The average molecular weight is 302 g/mol. The lowest BCUT2D eigenvalue weighted by Gasteiger charge is -2.07. The van der Waals surface area contributed by atoms with Crippen molar-refractivity contribution < 1.29 is 19.1 Å². The molecule has 0 aromatic heterocycles. The normalized spacial score (nSPS) is 10.0. The highest BCUT2D eigenvalue weighted by molar-refractivity contribution is 6.39. The van der Waals surface area contributed by atoms with Gasteiger partial charge in [-0.1, -0.05) is 18.2 Å². The van der Waals surface area contributed by atoms with Crippen LogP contribution < -0.4 is 10.6 Å². The standard InChI is InChI=1S/C16H15FN2O3/c17-12-6-4-11(5-7-12)8-9-18-15(21)16(22)19-13-2-1-3-14(20)10-13/h1-7,10,20H,8-9H2,(H,18,21)(H,19,22). The highest BCUT2D eigenvalue weighted by Gasteiger charge is 2.13. The summed E-state index contributed by atoms with van der Waals surface area (Å²) in [6.45, 7) is 0.262. The van der Waals surface area contributed by atoms with Crippen LogP contribution >= 0.6 is 0 Å². The summed E-state index contributed by atoms with van der Waals surface area (Å²) in [7, 11) is 0. The highest BCUT2D eigenvalue weighted by Crippen LogP contribution is 2.14. The zero-order valence-corrected chi connectivity index (χ0v) is 11.7. The first kappa shape index (κ1) is 15.5. The Hall–Kier alpha value is -2.89. The SMILES string of the molecule is O=C(NCCc1ccc(F)cc1)C(=O)Nc1cccc(O)c1. The first-order valence-electron chi connectivity index (χ1n) is 6.67. The number of rotatable bonds is 4. The second kappa shape index (κ2) is 7.21. The van der Waals surface area contributed by atoms with Crippen LogP contribution in [0.1, 0.15) is 5.56 Å². The molecular formula is C16H15FN2O3. The molecule has 0 atom stereocenters. The van der Waals surface area contributed by atoms with Gasteiger partial charge in [-0.25, -0.2) is 4.39 Å². The van der Waals surface area contributed by atoms with E-state index in [1.165, 1.54) is 24.3 Å². The van der Waals surface area contributed by atoms with Gasteiger partial charge in [0.25, 0.3) is 0 Å². The Morgan fingerprint density at radius 1 is 1.05 bits per heavy atom. The van der Waals surface area contributed by atoms with Crippen LogP contribution in [0.4, 0.5) is 10.1 Å². The van der Waals surface area contributed by atoms with Gasteiger partial charge >= 0.3 is 11.8 Å². The number of hydrogen-bond acceptors (Lipinski definition) is 3. The van der Waals surface area contributed by atoms with Crippen LogP contribution in [0.15, 0.2) is 48.5 Å². The molecule has 2 aromatic carbocycles. The summed E-state index contributed by atoms with van der Waals surface area (Å²) in [5.41, 5.74) is 1.19. The summed E-state index contributed by atoms with van der Waals surface area (Å²) in [4.78, 5) is 23.3. The van der Waals surface area contributed by atoms with Crippen molar-refractivity contribution in [1.29, 1.82) is 0 Å². The van der Waals surface area contributed by atoms with E-state index in [2.05, 4.69) is 10.6 Å². The third-order valence-corrected chi connectivity index (χ3v) is 2.92. The Kier molecular flexibility index (Phi) is 5.08. The predicted octanol–water partition coefficient (Wildman–Crippen LogP) is 1.83. The number of carbonyl (C=O) groups is 2. The number of aromatic hydroxyl groups is 1. The van der Waals surface area contributed by atoms with E-state index in [9.17, 15) is 19.1 Å². The summed E-state index contributed by atoms with van der Waals surface area (Å²) in [6.07, 6.45) is 0.491. The van der Waals surface area contributed by atoms with Crippen LogP contribution in [-0.2, 0) is 16.0 Å². The van der Waals surface area contributed by atoms with E-state index in [1.54, 1.807) is 24.3 Å². The van der Waals surface area contributed by atoms with Crippen molar-refractivity contribution in [3.63, 3.8) is 0 Å². The number of phenols is 1. The van der Waals surface area contributed by atoms with Gasteiger partial charge in [-0.05, 0) is 36.2 Å². The number of nitrogens with one attached hydrogen (secondary N) is 2. The van der Waals surface area contributed by atoms with Crippen LogP contribution in [0.25, 0.3) is 0 Å². The molecule has 3 N–H and O–H groups in total. The first-order chi connectivity index (χ1) is 10.5. The van der Waals surface area contributed by atoms with Gasteiger partial charge in [-0.2, -0.15) is 0 Å². The number of halogens is 1. The van der Waals surface area contributed by atoms with E-state index in [0.717, 1.165) is 5.56 Å². The number of amides is 2. The van der Waals surface area contributed by atoms with Gasteiger partial charge in [0.1, 0.15) is 11.6 Å². The second-order valence-electron chi connectivity index (χ2n) is 4.64. The maximum atomic E-state index is 12.7. The third-order valence-electron chi connectivity index (χ3n) is 2.92. The van der Waals surface area contributed by atoms with E-state index >= 15 is 0 Å².